The third-order valence-electron chi connectivity index (χ3n) is 4.19. The molecule has 1 heterocycles. The molecule has 2 aromatic carbocycles. The Kier molecular flexibility index (Phi) is 6.78. The van der Waals surface area contributed by atoms with Gasteiger partial charge in [-0.05, 0) is 22.8 Å². The number of amides is 3. The molecule has 0 aliphatic heterocycles. The van der Waals surface area contributed by atoms with Crippen molar-refractivity contribution in [1.29, 1.82) is 0 Å². The van der Waals surface area contributed by atoms with Crippen molar-refractivity contribution in [2.24, 2.45) is 0 Å². The van der Waals surface area contributed by atoms with E-state index in [1.54, 1.807) is 6.20 Å². The molecular formula is C21H23N5O2. The number of nitrogens with one attached hydrogen (secondary N) is 3. The Balaban J connectivity index is 1.41. The summed E-state index contributed by atoms with van der Waals surface area (Å²) in [6, 6.07) is 19.0. The predicted octanol–water partition coefficient (Wildman–Crippen LogP) is 2.05. The Labute approximate surface area is 163 Å². The van der Waals surface area contributed by atoms with Crippen LogP contribution >= 0.6 is 0 Å². The van der Waals surface area contributed by atoms with Crippen molar-refractivity contribution in [3.05, 3.63) is 89.7 Å². The fourth-order valence-corrected chi connectivity index (χ4v) is 2.71. The first-order valence-corrected chi connectivity index (χ1v) is 9.07. The average Bonchev–Trinajstić information content (AvgIpc) is 3.24. The van der Waals surface area contributed by atoms with Gasteiger partial charge in [0.1, 0.15) is 0 Å². The minimum absolute atomic E-state index is 0.0814. The maximum Gasteiger partial charge on any atom is 0.315 e. The van der Waals surface area contributed by atoms with Crippen molar-refractivity contribution in [2.45, 2.75) is 19.6 Å². The molecule has 0 saturated heterocycles. The zero-order chi connectivity index (χ0) is 19.6. The summed E-state index contributed by atoms with van der Waals surface area (Å²) < 4.78 is 1.83. The number of hydrogen-bond donors (Lipinski definition) is 3. The molecule has 0 radical (unpaired) electrons. The summed E-state index contributed by atoms with van der Waals surface area (Å²) in [5.41, 5.74) is 3.09. The van der Waals surface area contributed by atoms with Crippen LogP contribution in [0.15, 0.2) is 73.1 Å². The van der Waals surface area contributed by atoms with Crippen LogP contribution in [-0.4, -0.2) is 28.3 Å². The number of carbonyl (C=O) groups is 2. The minimum Gasteiger partial charge on any atom is -0.350 e. The van der Waals surface area contributed by atoms with Crippen LogP contribution in [0.4, 0.5) is 4.79 Å². The van der Waals surface area contributed by atoms with Crippen LogP contribution in [-0.2, 0) is 24.4 Å². The van der Waals surface area contributed by atoms with Crippen LogP contribution in [0.3, 0.4) is 0 Å². The quantitative estimate of drug-likeness (QED) is 0.561. The topological polar surface area (TPSA) is 88.0 Å². The van der Waals surface area contributed by atoms with Gasteiger partial charge in [-0.15, -0.1) is 0 Å². The SMILES string of the molecule is O=C(CNC(=O)NCc1ccccc1)NCc1ccccc1Cn1cccn1. The van der Waals surface area contributed by atoms with Gasteiger partial charge in [-0.2, -0.15) is 5.10 Å². The number of benzene rings is 2. The summed E-state index contributed by atoms with van der Waals surface area (Å²) in [6.07, 6.45) is 3.63. The van der Waals surface area contributed by atoms with Crippen molar-refractivity contribution in [3.63, 3.8) is 0 Å². The number of aromatic nitrogens is 2. The Morgan fingerprint density at radius 3 is 2.32 bits per heavy atom. The molecule has 0 aliphatic rings. The lowest BCUT2D eigenvalue weighted by Crippen LogP contribution is -2.41. The molecular weight excluding hydrogens is 354 g/mol. The van der Waals surface area contributed by atoms with E-state index in [0.29, 0.717) is 19.6 Å². The molecule has 1 aromatic heterocycles. The van der Waals surface area contributed by atoms with E-state index in [1.807, 2.05) is 71.5 Å². The molecule has 0 fully saturated rings. The maximum absolute atomic E-state index is 12.1. The zero-order valence-corrected chi connectivity index (χ0v) is 15.5. The van der Waals surface area contributed by atoms with Crippen LogP contribution < -0.4 is 16.0 Å². The number of carbonyl (C=O) groups excluding carboxylic acids is 2. The Bertz CT molecular complexity index is 894. The van der Waals surface area contributed by atoms with E-state index >= 15 is 0 Å². The van der Waals surface area contributed by atoms with Crippen LogP contribution in [0.25, 0.3) is 0 Å². The van der Waals surface area contributed by atoms with Crippen LogP contribution in [0, 0.1) is 0 Å². The molecule has 0 aliphatic carbocycles. The van der Waals surface area contributed by atoms with E-state index in [-0.39, 0.29) is 18.5 Å². The zero-order valence-electron chi connectivity index (χ0n) is 15.5. The predicted molar refractivity (Wildman–Crippen MR) is 106 cm³/mol. The number of urea groups is 1. The first-order chi connectivity index (χ1) is 13.7. The third-order valence-corrected chi connectivity index (χ3v) is 4.19. The summed E-state index contributed by atoms with van der Waals surface area (Å²) in [6.45, 7) is 1.36. The third kappa shape index (κ3) is 5.98. The molecule has 0 spiro atoms. The molecule has 7 heteroatoms. The molecule has 144 valence electrons. The first-order valence-electron chi connectivity index (χ1n) is 9.07. The smallest absolute Gasteiger partial charge is 0.315 e. The highest BCUT2D eigenvalue weighted by Crippen LogP contribution is 2.10. The van der Waals surface area contributed by atoms with Gasteiger partial charge >= 0.3 is 6.03 Å². The van der Waals surface area contributed by atoms with Crippen molar-refractivity contribution < 1.29 is 9.59 Å². The minimum atomic E-state index is -0.377. The van der Waals surface area contributed by atoms with E-state index in [9.17, 15) is 9.59 Å². The second-order valence-electron chi connectivity index (χ2n) is 6.27. The molecule has 3 amide bonds. The Morgan fingerprint density at radius 2 is 1.57 bits per heavy atom. The lowest BCUT2D eigenvalue weighted by molar-refractivity contribution is -0.120. The van der Waals surface area contributed by atoms with Crippen LogP contribution in [0.5, 0.6) is 0 Å². The number of nitrogens with zero attached hydrogens (tertiary/aromatic N) is 2. The van der Waals surface area contributed by atoms with E-state index in [4.69, 9.17) is 0 Å². The molecule has 28 heavy (non-hydrogen) atoms. The number of rotatable bonds is 8. The van der Waals surface area contributed by atoms with Gasteiger partial charge in [0.15, 0.2) is 0 Å². The highest BCUT2D eigenvalue weighted by molar-refractivity contribution is 5.83. The summed E-state index contributed by atoms with van der Waals surface area (Å²) in [4.78, 5) is 23.9. The first kappa shape index (κ1) is 19.2. The van der Waals surface area contributed by atoms with Gasteiger partial charge < -0.3 is 16.0 Å². The molecule has 3 N–H and O–H groups in total. The Hall–Kier alpha value is -3.61. The summed E-state index contributed by atoms with van der Waals surface area (Å²) in [5, 5.41) is 12.3. The molecule has 7 nitrogen and oxygen atoms in total. The van der Waals surface area contributed by atoms with Gasteiger partial charge in [0.2, 0.25) is 5.91 Å². The van der Waals surface area contributed by atoms with Gasteiger partial charge in [-0.25, -0.2) is 4.79 Å². The standard InChI is InChI=1S/C21H23N5O2/c27-20(15-24-21(28)23-13-17-7-2-1-3-8-17)22-14-18-9-4-5-10-19(18)16-26-12-6-11-25-26/h1-12H,13-16H2,(H,22,27)(H2,23,24,28). The lowest BCUT2D eigenvalue weighted by atomic mass is 10.1. The second-order valence-corrected chi connectivity index (χ2v) is 6.27. The van der Waals surface area contributed by atoms with Gasteiger partial charge in [-0.3, -0.25) is 9.48 Å². The van der Waals surface area contributed by atoms with Crippen molar-refractivity contribution in [2.75, 3.05) is 6.54 Å². The maximum atomic E-state index is 12.1. The van der Waals surface area contributed by atoms with Gasteiger partial charge in [0.05, 0.1) is 13.1 Å². The van der Waals surface area contributed by atoms with Crippen LogP contribution in [0.2, 0.25) is 0 Å². The number of hydrogen-bond acceptors (Lipinski definition) is 3. The van der Waals surface area contributed by atoms with Gasteiger partial charge in [0.25, 0.3) is 0 Å². The van der Waals surface area contributed by atoms with Crippen molar-refractivity contribution >= 4 is 11.9 Å². The highest BCUT2D eigenvalue weighted by Gasteiger charge is 2.07. The van der Waals surface area contributed by atoms with Crippen LogP contribution in [0.1, 0.15) is 16.7 Å². The fraction of sp³-hybridized carbons (Fsp3) is 0.190. The van der Waals surface area contributed by atoms with E-state index < -0.39 is 0 Å². The summed E-state index contributed by atoms with van der Waals surface area (Å²) >= 11 is 0. The Morgan fingerprint density at radius 1 is 0.821 bits per heavy atom. The monoisotopic (exact) mass is 377 g/mol. The fourth-order valence-electron chi connectivity index (χ4n) is 2.71. The lowest BCUT2D eigenvalue weighted by Gasteiger charge is -2.12. The molecule has 3 rings (SSSR count). The van der Waals surface area contributed by atoms with Crippen molar-refractivity contribution in [1.82, 2.24) is 25.7 Å². The van der Waals surface area contributed by atoms with Crippen molar-refractivity contribution in [3.8, 4) is 0 Å². The summed E-state index contributed by atoms with van der Waals surface area (Å²) in [5.74, 6) is -0.247. The molecule has 3 aromatic rings. The highest BCUT2D eigenvalue weighted by atomic mass is 16.2. The average molecular weight is 377 g/mol. The molecule has 0 atom stereocenters. The van der Waals surface area contributed by atoms with Gasteiger partial charge in [0, 0.05) is 25.5 Å². The largest absolute Gasteiger partial charge is 0.350 e. The molecule has 0 bridgehead atoms. The second kappa shape index (κ2) is 9.91. The normalized spacial score (nSPS) is 10.3. The van der Waals surface area contributed by atoms with E-state index in [0.717, 1.165) is 16.7 Å². The van der Waals surface area contributed by atoms with E-state index in [1.165, 1.54) is 0 Å². The molecule has 0 saturated carbocycles. The molecule has 0 unspecified atom stereocenters. The van der Waals surface area contributed by atoms with Gasteiger partial charge in [-0.1, -0.05) is 54.6 Å². The van der Waals surface area contributed by atoms with E-state index in [2.05, 4.69) is 21.0 Å². The summed E-state index contributed by atoms with van der Waals surface area (Å²) in [7, 11) is 0.